The quantitative estimate of drug-likeness (QED) is 0.863. The molecule has 1 saturated carbocycles. The first-order chi connectivity index (χ1) is 9.77. The number of hydrogen-bond acceptors (Lipinski definition) is 2. The van der Waals surface area contributed by atoms with Gasteiger partial charge in [0.15, 0.2) is 0 Å². The molecular weight excluding hydrogens is 258 g/mol. The van der Waals surface area contributed by atoms with Crippen LogP contribution in [0, 0.1) is 26.2 Å². The molecule has 0 heterocycles. The highest BCUT2D eigenvalue weighted by atomic mass is 16.5. The maximum Gasteiger partial charge on any atom is 0.0655 e. The summed E-state index contributed by atoms with van der Waals surface area (Å²) in [6.45, 7) is 16.4. The molecule has 1 aliphatic carbocycles. The van der Waals surface area contributed by atoms with Crippen molar-refractivity contribution in [2.45, 2.75) is 73.1 Å². The van der Waals surface area contributed by atoms with Crippen LogP contribution in [0.1, 0.15) is 62.4 Å². The van der Waals surface area contributed by atoms with Crippen molar-refractivity contribution in [3.8, 4) is 0 Å². The van der Waals surface area contributed by atoms with Crippen molar-refractivity contribution in [2.24, 2.45) is 5.41 Å². The molecule has 3 atom stereocenters. The van der Waals surface area contributed by atoms with Crippen LogP contribution in [0.15, 0.2) is 12.1 Å². The predicted octanol–water partition coefficient (Wildman–Crippen LogP) is 4.47. The monoisotopic (exact) mass is 289 g/mol. The smallest absolute Gasteiger partial charge is 0.0655 e. The Morgan fingerprint density at radius 1 is 1.24 bits per heavy atom. The van der Waals surface area contributed by atoms with Gasteiger partial charge in [0.1, 0.15) is 0 Å². The lowest BCUT2D eigenvalue weighted by molar-refractivity contribution is -0.116. The van der Waals surface area contributed by atoms with Gasteiger partial charge >= 0.3 is 0 Å². The first-order valence-electron chi connectivity index (χ1n) is 8.22. The zero-order valence-corrected chi connectivity index (χ0v) is 14.7. The SMILES string of the molecule is CCOC1CC(NC(C)c2c(C)cc(C)cc2C)C1(C)C. The van der Waals surface area contributed by atoms with E-state index in [9.17, 15) is 0 Å². The third-order valence-corrected chi connectivity index (χ3v) is 5.17. The molecule has 1 N–H and O–H groups in total. The Bertz CT molecular complexity index is 483. The lowest BCUT2D eigenvalue weighted by atomic mass is 9.64. The van der Waals surface area contributed by atoms with Crippen LogP contribution in [-0.4, -0.2) is 18.8 Å². The van der Waals surface area contributed by atoms with Crippen molar-refractivity contribution >= 4 is 0 Å². The largest absolute Gasteiger partial charge is 0.378 e. The van der Waals surface area contributed by atoms with E-state index in [0.29, 0.717) is 18.2 Å². The maximum absolute atomic E-state index is 5.83. The van der Waals surface area contributed by atoms with Gasteiger partial charge in [-0.2, -0.15) is 0 Å². The summed E-state index contributed by atoms with van der Waals surface area (Å²) in [5, 5.41) is 3.83. The molecule has 3 unspecified atom stereocenters. The van der Waals surface area contributed by atoms with Gasteiger partial charge in [-0.1, -0.05) is 31.5 Å². The lowest BCUT2D eigenvalue weighted by Crippen LogP contribution is -2.61. The number of rotatable bonds is 5. The zero-order valence-electron chi connectivity index (χ0n) is 14.7. The normalized spacial score (nSPS) is 25.5. The Labute approximate surface area is 130 Å². The molecule has 21 heavy (non-hydrogen) atoms. The second-order valence-corrected chi connectivity index (χ2v) is 7.25. The zero-order chi connectivity index (χ0) is 15.8. The van der Waals surface area contributed by atoms with Crippen molar-refractivity contribution in [3.05, 3.63) is 34.4 Å². The van der Waals surface area contributed by atoms with Crippen molar-refractivity contribution in [3.63, 3.8) is 0 Å². The van der Waals surface area contributed by atoms with Crippen LogP contribution in [-0.2, 0) is 4.74 Å². The highest BCUT2D eigenvalue weighted by molar-refractivity contribution is 5.39. The first-order valence-corrected chi connectivity index (χ1v) is 8.22. The second kappa shape index (κ2) is 6.10. The first kappa shape index (κ1) is 16.5. The number of nitrogens with one attached hydrogen (secondary N) is 1. The van der Waals surface area contributed by atoms with Gasteiger partial charge in [-0.3, -0.25) is 0 Å². The molecular formula is C19H31NO. The summed E-state index contributed by atoms with van der Waals surface area (Å²) in [6, 6.07) is 5.49. The maximum atomic E-state index is 5.83. The number of ether oxygens (including phenoxy) is 1. The van der Waals surface area contributed by atoms with Crippen LogP contribution in [0.2, 0.25) is 0 Å². The highest BCUT2D eigenvalue weighted by Crippen LogP contribution is 2.44. The standard InChI is InChI=1S/C19H31NO/c1-8-21-17-11-16(19(17,6)7)20-15(5)18-13(3)9-12(2)10-14(18)4/h9-10,15-17,20H,8,11H2,1-7H3. The number of benzene rings is 1. The molecule has 118 valence electrons. The lowest BCUT2D eigenvalue weighted by Gasteiger charge is -2.53. The topological polar surface area (TPSA) is 21.3 Å². The van der Waals surface area contributed by atoms with Gasteiger partial charge in [-0.25, -0.2) is 0 Å². The molecule has 1 fully saturated rings. The van der Waals surface area contributed by atoms with E-state index in [1.54, 1.807) is 0 Å². The molecule has 0 bridgehead atoms. The van der Waals surface area contributed by atoms with E-state index in [0.717, 1.165) is 13.0 Å². The van der Waals surface area contributed by atoms with Gasteiger partial charge in [0.2, 0.25) is 0 Å². The van der Waals surface area contributed by atoms with Crippen molar-refractivity contribution in [2.75, 3.05) is 6.61 Å². The predicted molar refractivity (Wildman–Crippen MR) is 89.8 cm³/mol. The van der Waals surface area contributed by atoms with Gasteiger partial charge in [-0.15, -0.1) is 0 Å². The van der Waals surface area contributed by atoms with Gasteiger partial charge in [-0.05, 0) is 57.7 Å². The third-order valence-electron chi connectivity index (χ3n) is 5.17. The van der Waals surface area contributed by atoms with E-state index >= 15 is 0 Å². The van der Waals surface area contributed by atoms with Gasteiger partial charge in [0.05, 0.1) is 6.10 Å². The van der Waals surface area contributed by atoms with Gasteiger partial charge < -0.3 is 10.1 Å². The molecule has 0 spiro atoms. The number of aryl methyl sites for hydroxylation is 3. The van der Waals surface area contributed by atoms with Crippen LogP contribution in [0.4, 0.5) is 0 Å². The Kier molecular flexibility index (Phi) is 4.79. The Hall–Kier alpha value is -0.860. The molecule has 1 aliphatic rings. The van der Waals surface area contributed by atoms with E-state index in [1.165, 1.54) is 22.3 Å². The van der Waals surface area contributed by atoms with Gasteiger partial charge in [0.25, 0.3) is 0 Å². The third kappa shape index (κ3) is 3.17. The minimum absolute atomic E-state index is 0.219. The van der Waals surface area contributed by atoms with Crippen LogP contribution < -0.4 is 5.32 Å². The minimum atomic E-state index is 0.219. The van der Waals surface area contributed by atoms with Crippen LogP contribution in [0.25, 0.3) is 0 Å². The molecule has 0 saturated heterocycles. The van der Waals surface area contributed by atoms with E-state index in [-0.39, 0.29) is 5.41 Å². The molecule has 0 aliphatic heterocycles. The van der Waals surface area contributed by atoms with Crippen molar-refractivity contribution in [1.29, 1.82) is 0 Å². The molecule has 0 amide bonds. The summed E-state index contributed by atoms with van der Waals surface area (Å²) in [7, 11) is 0. The minimum Gasteiger partial charge on any atom is -0.378 e. The average molecular weight is 289 g/mol. The van der Waals surface area contributed by atoms with Crippen molar-refractivity contribution in [1.82, 2.24) is 5.32 Å². The highest BCUT2D eigenvalue weighted by Gasteiger charge is 2.49. The Morgan fingerprint density at radius 2 is 1.81 bits per heavy atom. The molecule has 0 radical (unpaired) electrons. The van der Waals surface area contributed by atoms with E-state index < -0.39 is 0 Å². The molecule has 0 aromatic heterocycles. The fraction of sp³-hybridized carbons (Fsp3) is 0.684. The van der Waals surface area contributed by atoms with Crippen LogP contribution in [0.3, 0.4) is 0 Å². The molecule has 2 nitrogen and oxygen atoms in total. The average Bonchev–Trinajstić information content (AvgIpc) is 2.36. The second-order valence-electron chi connectivity index (χ2n) is 7.25. The fourth-order valence-corrected chi connectivity index (χ4v) is 3.91. The fourth-order valence-electron chi connectivity index (χ4n) is 3.91. The van der Waals surface area contributed by atoms with Gasteiger partial charge in [0, 0.05) is 24.1 Å². The summed E-state index contributed by atoms with van der Waals surface area (Å²) >= 11 is 0. The summed E-state index contributed by atoms with van der Waals surface area (Å²) in [4.78, 5) is 0. The van der Waals surface area contributed by atoms with Crippen LogP contribution >= 0.6 is 0 Å². The van der Waals surface area contributed by atoms with Crippen LogP contribution in [0.5, 0.6) is 0 Å². The summed E-state index contributed by atoms with van der Waals surface area (Å²) < 4.78 is 5.83. The number of hydrogen-bond donors (Lipinski definition) is 1. The summed E-state index contributed by atoms with van der Waals surface area (Å²) in [5.41, 5.74) is 5.81. The van der Waals surface area contributed by atoms with E-state index in [2.05, 4.69) is 65.9 Å². The molecule has 1 aromatic carbocycles. The van der Waals surface area contributed by atoms with Crippen molar-refractivity contribution < 1.29 is 4.74 Å². The Morgan fingerprint density at radius 3 is 2.29 bits per heavy atom. The summed E-state index contributed by atoms with van der Waals surface area (Å²) in [5.74, 6) is 0. The Balaban J connectivity index is 2.08. The molecule has 2 rings (SSSR count). The van der Waals surface area contributed by atoms with E-state index in [1.807, 2.05) is 0 Å². The summed E-state index contributed by atoms with van der Waals surface area (Å²) in [6.07, 6.45) is 1.52. The molecule has 1 aromatic rings. The van der Waals surface area contributed by atoms with E-state index in [4.69, 9.17) is 4.74 Å². The molecule has 2 heteroatoms.